The Kier molecular flexibility index (Phi) is 4.69. The molecule has 5 heteroatoms. The van der Waals surface area contributed by atoms with Crippen LogP contribution in [0.2, 0.25) is 0 Å². The summed E-state index contributed by atoms with van der Waals surface area (Å²) in [4.78, 5) is 17.5. The van der Waals surface area contributed by atoms with Crippen LogP contribution in [0.25, 0.3) is 11.8 Å². The van der Waals surface area contributed by atoms with Crippen LogP contribution in [0.3, 0.4) is 0 Å². The summed E-state index contributed by atoms with van der Waals surface area (Å²) in [5.74, 6) is -0.122. The molecule has 4 nitrogen and oxygen atoms in total. The van der Waals surface area contributed by atoms with Crippen molar-refractivity contribution in [3.63, 3.8) is 0 Å². The minimum atomic E-state index is -0.122. The van der Waals surface area contributed by atoms with Crippen molar-refractivity contribution in [2.75, 3.05) is 0 Å². The molecule has 2 aromatic carbocycles. The van der Waals surface area contributed by atoms with Crippen molar-refractivity contribution in [2.24, 2.45) is 4.99 Å². The molecule has 27 heavy (non-hydrogen) atoms. The topological polar surface area (TPSA) is 46.4 Å². The predicted octanol–water partition coefficient (Wildman–Crippen LogP) is 4.99. The maximum atomic E-state index is 12.4. The van der Waals surface area contributed by atoms with Gasteiger partial charge in [0.25, 0.3) is 5.91 Å². The Morgan fingerprint density at radius 1 is 1.00 bits per heavy atom. The molecule has 0 radical (unpaired) electrons. The number of nitrogens with one attached hydrogen (secondary N) is 1. The molecule has 0 aliphatic carbocycles. The largest absolute Gasteiger partial charge is 0.317 e. The molecule has 1 saturated heterocycles. The fourth-order valence-electron chi connectivity index (χ4n) is 2.88. The molecule has 1 amide bonds. The van der Waals surface area contributed by atoms with Crippen molar-refractivity contribution in [2.45, 2.75) is 13.8 Å². The first kappa shape index (κ1) is 17.4. The van der Waals surface area contributed by atoms with Crippen molar-refractivity contribution >= 4 is 34.6 Å². The number of rotatable bonds is 3. The highest BCUT2D eigenvalue weighted by Gasteiger charge is 2.24. The summed E-state index contributed by atoms with van der Waals surface area (Å²) in [6, 6.07) is 20.2. The number of aliphatic imine (C=N–C) groups is 1. The molecule has 134 valence electrons. The molecular formula is C22H19N3OS. The van der Waals surface area contributed by atoms with Crippen molar-refractivity contribution in [1.82, 2.24) is 9.88 Å². The van der Waals surface area contributed by atoms with E-state index in [0.717, 1.165) is 17.1 Å². The molecule has 0 unspecified atom stereocenters. The predicted molar refractivity (Wildman–Crippen MR) is 112 cm³/mol. The van der Waals surface area contributed by atoms with Gasteiger partial charge in [-0.25, -0.2) is 4.99 Å². The van der Waals surface area contributed by atoms with Crippen LogP contribution in [0.1, 0.15) is 16.8 Å². The third-order valence-electron chi connectivity index (χ3n) is 4.25. The monoisotopic (exact) mass is 373 g/mol. The van der Waals surface area contributed by atoms with Gasteiger partial charge in [-0.05, 0) is 73.6 Å². The standard InChI is InChI=1S/C22H19N3OS/c1-15-8-10-17(11-9-15)23-22-24-21(26)20(27-22)14-19-7-4-12-25(19)18-6-3-5-16(2)13-18/h3-14H,1-2H3,(H,23,24,26)/b20-14+. The normalized spacial score (nSPS) is 16.9. The maximum Gasteiger partial charge on any atom is 0.264 e. The van der Waals surface area contributed by atoms with Crippen LogP contribution in [0.15, 0.2) is 76.8 Å². The average molecular weight is 373 g/mol. The van der Waals surface area contributed by atoms with Gasteiger partial charge in [0.2, 0.25) is 0 Å². The van der Waals surface area contributed by atoms with E-state index in [1.165, 1.54) is 22.9 Å². The fourth-order valence-corrected chi connectivity index (χ4v) is 3.70. The molecule has 1 aliphatic heterocycles. The number of thioether (sulfide) groups is 1. The van der Waals surface area contributed by atoms with Crippen molar-refractivity contribution in [3.05, 3.63) is 88.6 Å². The van der Waals surface area contributed by atoms with Gasteiger partial charge < -0.3 is 9.88 Å². The van der Waals surface area contributed by atoms with Crippen LogP contribution >= 0.6 is 11.8 Å². The van der Waals surface area contributed by atoms with Gasteiger partial charge in [0.1, 0.15) is 0 Å². The van der Waals surface area contributed by atoms with Crippen molar-refractivity contribution < 1.29 is 4.79 Å². The second-order valence-corrected chi connectivity index (χ2v) is 7.49. The van der Waals surface area contributed by atoms with Crippen LogP contribution < -0.4 is 5.32 Å². The first-order valence-corrected chi connectivity index (χ1v) is 9.51. The van der Waals surface area contributed by atoms with E-state index in [2.05, 4.69) is 40.0 Å². The van der Waals surface area contributed by atoms with Gasteiger partial charge in [0, 0.05) is 17.6 Å². The Morgan fingerprint density at radius 3 is 2.59 bits per heavy atom. The molecule has 0 atom stereocenters. The van der Waals surface area contributed by atoms with E-state index in [9.17, 15) is 4.79 Å². The minimum absolute atomic E-state index is 0.122. The summed E-state index contributed by atoms with van der Waals surface area (Å²) in [6.07, 6.45) is 3.90. The Hall–Kier alpha value is -3.05. The zero-order chi connectivity index (χ0) is 18.8. The van der Waals surface area contributed by atoms with E-state index in [-0.39, 0.29) is 5.91 Å². The first-order chi connectivity index (χ1) is 13.1. The van der Waals surface area contributed by atoms with Crippen LogP contribution in [0.5, 0.6) is 0 Å². The Labute approximate surface area is 162 Å². The average Bonchev–Trinajstić information content (AvgIpc) is 3.24. The second kappa shape index (κ2) is 7.29. The number of carbonyl (C=O) groups is 1. The highest BCUT2D eigenvalue weighted by molar-refractivity contribution is 8.18. The first-order valence-electron chi connectivity index (χ1n) is 8.69. The molecule has 1 N–H and O–H groups in total. The van der Waals surface area contributed by atoms with Gasteiger partial charge in [-0.3, -0.25) is 4.79 Å². The van der Waals surface area contributed by atoms with Gasteiger partial charge in [-0.2, -0.15) is 0 Å². The number of benzene rings is 2. The second-order valence-electron chi connectivity index (χ2n) is 6.46. The SMILES string of the molecule is Cc1ccc(N=C2NC(=O)/C(=C\c3cccn3-c3cccc(C)c3)S2)cc1. The van der Waals surface area contributed by atoms with E-state index in [1.54, 1.807) is 0 Å². The fraction of sp³-hybridized carbons (Fsp3) is 0.0909. The molecule has 0 saturated carbocycles. The van der Waals surface area contributed by atoms with Crippen LogP contribution in [-0.2, 0) is 4.79 Å². The summed E-state index contributed by atoms with van der Waals surface area (Å²) < 4.78 is 2.07. The molecule has 1 aliphatic rings. The summed E-state index contributed by atoms with van der Waals surface area (Å²) in [7, 11) is 0. The van der Waals surface area contributed by atoms with Crippen molar-refractivity contribution in [1.29, 1.82) is 0 Å². The lowest BCUT2D eigenvalue weighted by Crippen LogP contribution is -2.19. The van der Waals surface area contributed by atoms with Gasteiger partial charge >= 0.3 is 0 Å². The summed E-state index contributed by atoms with van der Waals surface area (Å²) in [6.45, 7) is 4.10. The molecule has 2 heterocycles. The Morgan fingerprint density at radius 2 is 1.81 bits per heavy atom. The Bertz CT molecular complexity index is 1060. The van der Waals surface area contributed by atoms with Crippen molar-refractivity contribution in [3.8, 4) is 5.69 Å². The van der Waals surface area contributed by atoms with E-state index in [1.807, 2.05) is 61.7 Å². The lowest BCUT2D eigenvalue weighted by atomic mass is 10.2. The molecule has 1 aromatic heterocycles. The lowest BCUT2D eigenvalue weighted by molar-refractivity contribution is -0.115. The van der Waals surface area contributed by atoms with Gasteiger partial charge in [-0.1, -0.05) is 29.8 Å². The molecule has 1 fully saturated rings. The zero-order valence-electron chi connectivity index (χ0n) is 15.1. The van der Waals surface area contributed by atoms with E-state index >= 15 is 0 Å². The van der Waals surface area contributed by atoms with Crippen LogP contribution in [0, 0.1) is 13.8 Å². The number of hydrogen-bond donors (Lipinski definition) is 1. The van der Waals surface area contributed by atoms with E-state index in [0.29, 0.717) is 10.1 Å². The minimum Gasteiger partial charge on any atom is -0.317 e. The number of nitrogens with zero attached hydrogens (tertiary/aromatic N) is 2. The molecule has 0 bridgehead atoms. The maximum absolute atomic E-state index is 12.4. The molecule has 4 rings (SSSR count). The number of amides is 1. The van der Waals surface area contributed by atoms with Crippen LogP contribution in [0.4, 0.5) is 5.69 Å². The highest BCUT2D eigenvalue weighted by Crippen LogP contribution is 2.29. The molecule has 0 spiro atoms. The number of hydrogen-bond acceptors (Lipinski definition) is 3. The third-order valence-corrected chi connectivity index (χ3v) is 5.16. The summed E-state index contributed by atoms with van der Waals surface area (Å²) >= 11 is 1.36. The third kappa shape index (κ3) is 3.88. The highest BCUT2D eigenvalue weighted by atomic mass is 32.2. The summed E-state index contributed by atoms with van der Waals surface area (Å²) in [5.41, 5.74) is 5.23. The molecule has 3 aromatic rings. The van der Waals surface area contributed by atoms with Gasteiger partial charge in [0.15, 0.2) is 5.17 Å². The molecular weight excluding hydrogens is 354 g/mol. The van der Waals surface area contributed by atoms with E-state index < -0.39 is 0 Å². The quantitative estimate of drug-likeness (QED) is 0.658. The Balaban J connectivity index is 1.61. The van der Waals surface area contributed by atoms with Gasteiger partial charge in [-0.15, -0.1) is 0 Å². The lowest BCUT2D eigenvalue weighted by Gasteiger charge is -2.07. The number of amidine groups is 1. The smallest absolute Gasteiger partial charge is 0.264 e. The van der Waals surface area contributed by atoms with Crippen LogP contribution in [-0.4, -0.2) is 15.6 Å². The zero-order valence-corrected chi connectivity index (χ0v) is 16.0. The van der Waals surface area contributed by atoms with Gasteiger partial charge in [0.05, 0.1) is 10.6 Å². The number of aromatic nitrogens is 1. The van der Waals surface area contributed by atoms with E-state index in [4.69, 9.17) is 0 Å². The number of aryl methyl sites for hydroxylation is 2. The number of carbonyl (C=O) groups excluding carboxylic acids is 1. The summed E-state index contributed by atoms with van der Waals surface area (Å²) in [5, 5.41) is 3.45.